The summed E-state index contributed by atoms with van der Waals surface area (Å²) in [6, 6.07) is 0.465. The Hall–Kier alpha value is -1.69. The second-order valence-electron chi connectivity index (χ2n) is 8.05. The molecular formula is C19H27N5O. The quantitative estimate of drug-likeness (QED) is 0.825. The monoisotopic (exact) mass is 341 g/mol. The first-order valence-electron chi connectivity index (χ1n) is 9.95. The minimum atomic E-state index is 0.283. The second kappa shape index (κ2) is 6.24. The Morgan fingerprint density at radius 2 is 2.04 bits per heavy atom. The van der Waals surface area contributed by atoms with Crippen LogP contribution in [0.2, 0.25) is 0 Å². The van der Waals surface area contributed by atoms with E-state index >= 15 is 0 Å². The molecule has 134 valence electrons. The number of nitrogens with zero attached hydrogens (tertiary/aromatic N) is 5. The lowest BCUT2D eigenvalue weighted by atomic mass is 10.0. The predicted molar refractivity (Wildman–Crippen MR) is 93.7 cm³/mol. The van der Waals surface area contributed by atoms with Crippen LogP contribution in [0.25, 0.3) is 0 Å². The lowest BCUT2D eigenvalue weighted by Crippen LogP contribution is -2.44. The van der Waals surface area contributed by atoms with Crippen molar-refractivity contribution in [3.8, 4) is 0 Å². The number of carbonyl (C=O) groups is 1. The van der Waals surface area contributed by atoms with Crippen LogP contribution in [0.5, 0.6) is 0 Å². The third-order valence-electron chi connectivity index (χ3n) is 5.92. The average molecular weight is 341 g/mol. The Bertz CT molecular complexity index is 701. The van der Waals surface area contributed by atoms with Crippen LogP contribution < -0.4 is 0 Å². The average Bonchev–Trinajstić information content (AvgIpc) is 3.55. The SMILES string of the molecule is O=C(CN1CCn2c(nnc2C2CC2)C1)N(C1=CCCCC1)C1CC1. The highest BCUT2D eigenvalue weighted by atomic mass is 16.2. The fraction of sp³-hybridized carbons (Fsp3) is 0.737. The van der Waals surface area contributed by atoms with Gasteiger partial charge in [-0.2, -0.15) is 0 Å². The van der Waals surface area contributed by atoms with Gasteiger partial charge in [0.15, 0.2) is 0 Å². The first kappa shape index (κ1) is 15.6. The number of aromatic nitrogens is 3. The Morgan fingerprint density at radius 3 is 2.76 bits per heavy atom. The molecule has 0 N–H and O–H groups in total. The summed E-state index contributed by atoms with van der Waals surface area (Å²) in [5.41, 5.74) is 1.29. The first-order chi connectivity index (χ1) is 12.3. The predicted octanol–water partition coefficient (Wildman–Crippen LogP) is 2.42. The summed E-state index contributed by atoms with van der Waals surface area (Å²) in [7, 11) is 0. The molecule has 2 fully saturated rings. The summed E-state index contributed by atoms with van der Waals surface area (Å²) >= 11 is 0. The van der Waals surface area contributed by atoms with Gasteiger partial charge in [0.1, 0.15) is 11.6 Å². The van der Waals surface area contributed by atoms with Crippen LogP contribution in [-0.4, -0.2) is 49.6 Å². The minimum Gasteiger partial charge on any atom is -0.312 e. The molecule has 4 aliphatic rings. The Balaban J connectivity index is 1.26. The van der Waals surface area contributed by atoms with Gasteiger partial charge in [0.2, 0.25) is 5.91 Å². The van der Waals surface area contributed by atoms with E-state index in [1.807, 2.05) is 0 Å². The molecular weight excluding hydrogens is 314 g/mol. The van der Waals surface area contributed by atoms with Gasteiger partial charge >= 0.3 is 0 Å². The van der Waals surface area contributed by atoms with Crippen LogP contribution >= 0.6 is 0 Å². The summed E-state index contributed by atoms with van der Waals surface area (Å²) in [5.74, 6) is 3.13. The molecule has 3 aliphatic carbocycles. The number of rotatable bonds is 5. The second-order valence-corrected chi connectivity index (χ2v) is 8.05. The van der Waals surface area contributed by atoms with Crippen molar-refractivity contribution in [2.75, 3.05) is 13.1 Å². The normalized spacial score (nSPS) is 23.9. The molecule has 1 aromatic rings. The topological polar surface area (TPSA) is 54.3 Å². The highest BCUT2D eigenvalue weighted by molar-refractivity contribution is 5.80. The van der Waals surface area contributed by atoms with Gasteiger partial charge in [0, 0.05) is 30.7 Å². The molecule has 0 bridgehead atoms. The van der Waals surface area contributed by atoms with Crippen molar-refractivity contribution in [1.82, 2.24) is 24.6 Å². The third kappa shape index (κ3) is 3.12. The van der Waals surface area contributed by atoms with E-state index in [1.165, 1.54) is 50.0 Å². The molecule has 1 aromatic heterocycles. The van der Waals surface area contributed by atoms with E-state index in [0.717, 1.165) is 38.3 Å². The van der Waals surface area contributed by atoms with Crippen molar-refractivity contribution in [2.24, 2.45) is 0 Å². The summed E-state index contributed by atoms with van der Waals surface area (Å²) in [5, 5.41) is 8.79. The molecule has 2 saturated carbocycles. The van der Waals surface area contributed by atoms with Gasteiger partial charge in [0.25, 0.3) is 0 Å². The molecule has 1 aliphatic heterocycles. The van der Waals surface area contributed by atoms with Gasteiger partial charge < -0.3 is 9.47 Å². The van der Waals surface area contributed by atoms with Gasteiger partial charge in [-0.25, -0.2) is 0 Å². The standard InChI is InChI=1S/C19H27N5O/c25-18(24(16-8-9-16)15-4-2-1-3-5-15)13-22-10-11-23-17(12-22)20-21-19(23)14-6-7-14/h4,14,16H,1-3,5-13H2. The maximum absolute atomic E-state index is 13.0. The summed E-state index contributed by atoms with van der Waals surface area (Å²) in [6.07, 6.45) is 11.8. The highest BCUT2D eigenvalue weighted by Gasteiger charge is 2.37. The van der Waals surface area contributed by atoms with Crippen molar-refractivity contribution < 1.29 is 4.79 Å². The minimum absolute atomic E-state index is 0.283. The Labute approximate surface area is 148 Å². The van der Waals surface area contributed by atoms with Crippen LogP contribution in [0.15, 0.2) is 11.8 Å². The zero-order chi connectivity index (χ0) is 16.8. The molecule has 0 aromatic carbocycles. The lowest BCUT2D eigenvalue weighted by molar-refractivity contribution is -0.131. The molecule has 0 radical (unpaired) electrons. The van der Waals surface area contributed by atoms with Crippen molar-refractivity contribution in [3.63, 3.8) is 0 Å². The van der Waals surface area contributed by atoms with Crippen LogP contribution in [0.3, 0.4) is 0 Å². The summed E-state index contributed by atoms with van der Waals surface area (Å²) in [4.78, 5) is 17.4. The van der Waals surface area contributed by atoms with Crippen molar-refractivity contribution in [2.45, 2.75) is 76.4 Å². The number of allylic oxidation sites excluding steroid dienone is 2. The zero-order valence-corrected chi connectivity index (χ0v) is 14.9. The van der Waals surface area contributed by atoms with Gasteiger partial charge in [-0.15, -0.1) is 10.2 Å². The zero-order valence-electron chi connectivity index (χ0n) is 14.9. The molecule has 1 amide bonds. The van der Waals surface area contributed by atoms with Crippen LogP contribution in [0.1, 0.15) is 68.9 Å². The Kier molecular flexibility index (Phi) is 3.88. The van der Waals surface area contributed by atoms with Crippen LogP contribution in [0.4, 0.5) is 0 Å². The first-order valence-corrected chi connectivity index (χ1v) is 9.95. The maximum Gasteiger partial charge on any atom is 0.241 e. The number of fused-ring (bicyclic) bond motifs is 1. The van der Waals surface area contributed by atoms with E-state index in [2.05, 4.69) is 30.6 Å². The smallest absolute Gasteiger partial charge is 0.241 e. The summed E-state index contributed by atoms with van der Waals surface area (Å²) in [6.45, 7) is 3.12. The largest absolute Gasteiger partial charge is 0.312 e. The van der Waals surface area contributed by atoms with E-state index in [1.54, 1.807) is 0 Å². The number of amides is 1. The number of hydrogen-bond donors (Lipinski definition) is 0. The fourth-order valence-electron chi connectivity index (χ4n) is 4.25. The van der Waals surface area contributed by atoms with Gasteiger partial charge in [0.05, 0.1) is 13.1 Å². The van der Waals surface area contributed by atoms with Crippen LogP contribution in [-0.2, 0) is 17.9 Å². The molecule has 0 saturated heterocycles. The van der Waals surface area contributed by atoms with E-state index in [4.69, 9.17) is 0 Å². The fourth-order valence-corrected chi connectivity index (χ4v) is 4.25. The summed E-state index contributed by atoms with van der Waals surface area (Å²) < 4.78 is 2.29. The maximum atomic E-state index is 13.0. The highest BCUT2D eigenvalue weighted by Crippen LogP contribution is 2.39. The number of hydrogen-bond acceptors (Lipinski definition) is 4. The van der Waals surface area contributed by atoms with E-state index in [9.17, 15) is 4.79 Å². The molecule has 2 heterocycles. The molecule has 6 heteroatoms. The molecule has 0 unspecified atom stereocenters. The van der Waals surface area contributed by atoms with Gasteiger partial charge in [-0.1, -0.05) is 6.08 Å². The van der Waals surface area contributed by atoms with E-state index in [-0.39, 0.29) is 5.91 Å². The third-order valence-corrected chi connectivity index (χ3v) is 5.92. The van der Waals surface area contributed by atoms with E-state index < -0.39 is 0 Å². The molecule has 0 spiro atoms. The molecule has 5 rings (SSSR count). The Morgan fingerprint density at radius 1 is 1.16 bits per heavy atom. The molecule has 0 atom stereocenters. The van der Waals surface area contributed by atoms with E-state index in [0.29, 0.717) is 18.5 Å². The number of carbonyl (C=O) groups excluding carboxylic acids is 1. The van der Waals surface area contributed by atoms with Crippen molar-refractivity contribution in [3.05, 3.63) is 23.4 Å². The van der Waals surface area contributed by atoms with Gasteiger partial charge in [-0.3, -0.25) is 9.69 Å². The van der Waals surface area contributed by atoms with Crippen LogP contribution in [0, 0.1) is 0 Å². The van der Waals surface area contributed by atoms with Gasteiger partial charge in [-0.05, 0) is 51.4 Å². The lowest BCUT2D eigenvalue weighted by Gasteiger charge is -2.32. The van der Waals surface area contributed by atoms with Crippen molar-refractivity contribution in [1.29, 1.82) is 0 Å². The molecule has 6 nitrogen and oxygen atoms in total. The van der Waals surface area contributed by atoms with Crippen molar-refractivity contribution >= 4 is 5.91 Å². The molecule has 25 heavy (non-hydrogen) atoms.